The van der Waals surface area contributed by atoms with Crippen LogP contribution in [-0.2, 0) is 11.3 Å². The molecule has 0 saturated carbocycles. The van der Waals surface area contributed by atoms with Gasteiger partial charge in [-0.1, -0.05) is 0 Å². The lowest BCUT2D eigenvalue weighted by Gasteiger charge is -2.37. The third-order valence-corrected chi connectivity index (χ3v) is 5.53. The highest BCUT2D eigenvalue weighted by atomic mass is 35.5. The summed E-state index contributed by atoms with van der Waals surface area (Å²) in [5.41, 5.74) is 0.364. The van der Waals surface area contributed by atoms with Crippen molar-refractivity contribution in [3.8, 4) is 11.4 Å². The zero-order valence-electron chi connectivity index (χ0n) is 16.6. The fourth-order valence-electron chi connectivity index (χ4n) is 3.15. The quantitative estimate of drug-likeness (QED) is 0.654. The van der Waals surface area contributed by atoms with Gasteiger partial charge in [0.2, 0.25) is 5.91 Å². The molecule has 1 amide bonds. The van der Waals surface area contributed by atoms with Crippen molar-refractivity contribution in [2.75, 3.05) is 38.7 Å². The molecule has 1 aromatic carbocycles. The van der Waals surface area contributed by atoms with Gasteiger partial charge in [0.1, 0.15) is 5.75 Å². The van der Waals surface area contributed by atoms with Crippen LogP contribution in [0, 0.1) is 5.41 Å². The summed E-state index contributed by atoms with van der Waals surface area (Å²) in [6.45, 7) is 9.91. The lowest BCUT2D eigenvalue weighted by atomic mass is 9.94. The molecule has 0 spiro atoms. The second kappa shape index (κ2) is 8.87. The minimum Gasteiger partial charge on any atom is -0.494 e. The topological polar surface area (TPSA) is 76.4 Å². The van der Waals surface area contributed by atoms with E-state index in [4.69, 9.17) is 16.3 Å². The van der Waals surface area contributed by atoms with Crippen LogP contribution in [0.2, 0.25) is 0 Å². The van der Waals surface area contributed by atoms with Crippen molar-refractivity contribution in [2.45, 2.75) is 27.3 Å². The predicted molar refractivity (Wildman–Crippen MR) is 107 cm³/mol. The van der Waals surface area contributed by atoms with Gasteiger partial charge in [0.15, 0.2) is 5.82 Å². The first kappa shape index (κ1) is 20.5. The number of tetrazole rings is 1. The first-order valence-corrected chi connectivity index (χ1v) is 10.1. The van der Waals surface area contributed by atoms with Gasteiger partial charge < -0.3 is 9.64 Å². The maximum absolute atomic E-state index is 12.6. The van der Waals surface area contributed by atoms with Crippen LogP contribution >= 0.6 is 11.6 Å². The van der Waals surface area contributed by atoms with Crippen molar-refractivity contribution in [1.82, 2.24) is 30.0 Å². The summed E-state index contributed by atoms with van der Waals surface area (Å²) in [6.07, 6.45) is 0. The lowest BCUT2D eigenvalue weighted by Crippen LogP contribution is -2.52. The van der Waals surface area contributed by atoms with E-state index in [1.807, 2.05) is 49.9 Å². The molecule has 1 aliphatic rings. The largest absolute Gasteiger partial charge is 0.494 e. The van der Waals surface area contributed by atoms with E-state index in [0.29, 0.717) is 32.1 Å². The van der Waals surface area contributed by atoms with Crippen LogP contribution in [0.15, 0.2) is 24.3 Å². The number of rotatable bonds is 7. The van der Waals surface area contributed by atoms with Crippen LogP contribution in [-0.4, -0.2) is 74.6 Å². The van der Waals surface area contributed by atoms with E-state index in [9.17, 15) is 4.79 Å². The predicted octanol–water partition coefficient (Wildman–Crippen LogP) is 1.97. The van der Waals surface area contributed by atoms with E-state index in [1.165, 1.54) is 0 Å². The van der Waals surface area contributed by atoms with E-state index in [0.717, 1.165) is 30.4 Å². The molecule has 3 rings (SSSR count). The molecule has 0 bridgehead atoms. The number of benzene rings is 1. The van der Waals surface area contributed by atoms with Gasteiger partial charge in [-0.3, -0.25) is 9.69 Å². The van der Waals surface area contributed by atoms with E-state index in [2.05, 4.69) is 20.4 Å². The fraction of sp³-hybridized carbons (Fsp3) is 0.579. The van der Waals surface area contributed by atoms with Gasteiger partial charge in [-0.05, 0) is 55.5 Å². The summed E-state index contributed by atoms with van der Waals surface area (Å²) in [5.74, 6) is 2.02. The van der Waals surface area contributed by atoms with Crippen molar-refractivity contribution in [2.24, 2.45) is 5.41 Å². The number of halogens is 1. The first-order chi connectivity index (χ1) is 13.4. The number of carbonyl (C=O) groups excluding carboxylic acids is 1. The lowest BCUT2D eigenvalue weighted by molar-refractivity contribution is -0.141. The van der Waals surface area contributed by atoms with Crippen LogP contribution in [0.4, 0.5) is 0 Å². The first-order valence-electron chi connectivity index (χ1n) is 9.53. The molecule has 1 aliphatic heterocycles. The summed E-state index contributed by atoms with van der Waals surface area (Å²) in [7, 11) is 0. The Morgan fingerprint density at radius 2 is 1.86 bits per heavy atom. The average Bonchev–Trinajstić information content (AvgIpc) is 3.17. The minimum absolute atomic E-state index is 0.112. The number of nitrogens with zero attached hydrogens (tertiary/aromatic N) is 6. The molecule has 0 N–H and O–H groups in total. The van der Waals surface area contributed by atoms with Crippen molar-refractivity contribution >= 4 is 17.5 Å². The van der Waals surface area contributed by atoms with Crippen LogP contribution in [0.25, 0.3) is 5.69 Å². The third-order valence-electron chi connectivity index (χ3n) is 4.86. The molecule has 1 saturated heterocycles. The molecule has 1 fully saturated rings. The van der Waals surface area contributed by atoms with Gasteiger partial charge in [-0.25, -0.2) is 0 Å². The number of hydrogen-bond donors (Lipinski definition) is 0. The molecular weight excluding hydrogens is 380 g/mol. The Morgan fingerprint density at radius 3 is 2.46 bits per heavy atom. The average molecular weight is 407 g/mol. The maximum atomic E-state index is 12.6. The molecule has 9 heteroatoms. The van der Waals surface area contributed by atoms with E-state index in [1.54, 1.807) is 4.68 Å². The SMILES string of the molecule is CCOc1ccc(-n2nnnc2CN2CCN(C(=O)C(C)(C)CCl)CC2)cc1. The highest BCUT2D eigenvalue weighted by Crippen LogP contribution is 2.22. The molecule has 152 valence electrons. The highest BCUT2D eigenvalue weighted by molar-refractivity contribution is 6.19. The van der Waals surface area contributed by atoms with Gasteiger partial charge in [0.25, 0.3) is 0 Å². The smallest absolute Gasteiger partial charge is 0.229 e. The van der Waals surface area contributed by atoms with E-state index in [-0.39, 0.29) is 5.91 Å². The monoisotopic (exact) mass is 406 g/mol. The number of amides is 1. The zero-order valence-corrected chi connectivity index (χ0v) is 17.4. The van der Waals surface area contributed by atoms with Crippen LogP contribution < -0.4 is 4.74 Å². The Hall–Kier alpha value is -2.19. The molecule has 2 heterocycles. The van der Waals surface area contributed by atoms with Gasteiger partial charge in [-0.2, -0.15) is 4.68 Å². The number of alkyl halides is 1. The number of ether oxygens (including phenoxy) is 1. The summed E-state index contributed by atoms with van der Waals surface area (Å²) < 4.78 is 7.22. The summed E-state index contributed by atoms with van der Waals surface area (Å²) in [5, 5.41) is 12.1. The Labute approximate surface area is 170 Å². The minimum atomic E-state index is -0.526. The Kier molecular flexibility index (Phi) is 6.51. The van der Waals surface area contributed by atoms with Crippen molar-refractivity contribution in [3.63, 3.8) is 0 Å². The van der Waals surface area contributed by atoms with Crippen LogP contribution in [0.5, 0.6) is 5.75 Å². The second-order valence-electron chi connectivity index (χ2n) is 7.52. The number of carbonyl (C=O) groups is 1. The Balaban J connectivity index is 1.61. The Bertz CT molecular complexity index is 784. The highest BCUT2D eigenvalue weighted by Gasteiger charge is 2.33. The Morgan fingerprint density at radius 1 is 1.18 bits per heavy atom. The second-order valence-corrected chi connectivity index (χ2v) is 7.79. The van der Waals surface area contributed by atoms with Crippen LogP contribution in [0.3, 0.4) is 0 Å². The van der Waals surface area contributed by atoms with Gasteiger partial charge in [-0.15, -0.1) is 16.7 Å². The standard InChI is InChI=1S/C19H27ClN6O2/c1-4-28-16-7-5-15(6-8-16)26-17(21-22-23-26)13-24-9-11-25(12-10-24)18(27)19(2,3)14-20/h5-8H,4,9-14H2,1-3H3. The molecule has 0 aliphatic carbocycles. The molecule has 1 aromatic heterocycles. The molecule has 0 radical (unpaired) electrons. The van der Waals surface area contributed by atoms with Crippen molar-refractivity contribution < 1.29 is 9.53 Å². The van der Waals surface area contributed by atoms with Gasteiger partial charge >= 0.3 is 0 Å². The molecule has 0 atom stereocenters. The van der Waals surface area contributed by atoms with Gasteiger partial charge in [0, 0.05) is 32.1 Å². The molecular formula is C19H27ClN6O2. The third kappa shape index (κ3) is 4.62. The number of aromatic nitrogens is 4. The number of piperazine rings is 1. The zero-order chi connectivity index (χ0) is 20.1. The molecule has 2 aromatic rings. The van der Waals surface area contributed by atoms with Crippen molar-refractivity contribution in [3.05, 3.63) is 30.1 Å². The van der Waals surface area contributed by atoms with E-state index < -0.39 is 5.41 Å². The molecule has 28 heavy (non-hydrogen) atoms. The maximum Gasteiger partial charge on any atom is 0.229 e. The van der Waals surface area contributed by atoms with Gasteiger partial charge in [0.05, 0.1) is 24.3 Å². The normalized spacial score (nSPS) is 15.6. The number of hydrogen-bond acceptors (Lipinski definition) is 6. The van der Waals surface area contributed by atoms with E-state index >= 15 is 0 Å². The van der Waals surface area contributed by atoms with Crippen LogP contribution in [0.1, 0.15) is 26.6 Å². The summed E-state index contributed by atoms with van der Waals surface area (Å²) in [6, 6.07) is 7.70. The fourth-order valence-corrected chi connectivity index (χ4v) is 3.26. The van der Waals surface area contributed by atoms with Crippen molar-refractivity contribution in [1.29, 1.82) is 0 Å². The summed E-state index contributed by atoms with van der Waals surface area (Å²) in [4.78, 5) is 16.7. The summed E-state index contributed by atoms with van der Waals surface area (Å²) >= 11 is 5.94. The molecule has 0 unspecified atom stereocenters. The molecule has 8 nitrogen and oxygen atoms in total.